The van der Waals surface area contributed by atoms with Crippen LogP contribution in [0.5, 0.6) is 0 Å². The van der Waals surface area contributed by atoms with Crippen LogP contribution in [-0.2, 0) is 4.74 Å². The molecule has 0 aromatic carbocycles. The quantitative estimate of drug-likeness (QED) is 0.650. The molecule has 0 fully saturated rings. The van der Waals surface area contributed by atoms with Gasteiger partial charge in [0.15, 0.2) is 0 Å². The van der Waals surface area contributed by atoms with Gasteiger partial charge in [0.2, 0.25) is 5.88 Å². The van der Waals surface area contributed by atoms with E-state index in [1.807, 2.05) is 0 Å². The Morgan fingerprint density at radius 1 is 1.35 bits per heavy atom. The highest BCUT2D eigenvalue weighted by Crippen LogP contribution is 2.30. The summed E-state index contributed by atoms with van der Waals surface area (Å²) in [5.74, 6) is -1.14. The highest BCUT2D eigenvalue weighted by Gasteiger charge is 2.38. The number of ether oxygens (including phenoxy) is 1. The van der Waals surface area contributed by atoms with E-state index in [1.54, 1.807) is 0 Å². The Morgan fingerprint density at radius 2 is 2.12 bits per heavy atom. The van der Waals surface area contributed by atoms with E-state index in [4.69, 9.17) is 4.74 Å². The predicted molar refractivity (Wildman–Crippen MR) is 60.8 cm³/mol. The molecule has 17 heavy (non-hydrogen) atoms. The normalized spacial score (nSPS) is 20.2. The van der Waals surface area contributed by atoms with Crippen molar-refractivity contribution in [3.8, 4) is 0 Å². The second-order valence-electron chi connectivity index (χ2n) is 4.11. The zero-order chi connectivity index (χ0) is 12.7. The summed E-state index contributed by atoms with van der Waals surface area (Å²) >= 11 is 0. The number of hydrogen-bond acceptors (Lipinski definition) is 2. The Balaban J connectivity index is 2.21. The smallest absolute Gasteiger partial charge is 0.396 e. The summed E-state index contributed by atoms with van der Waals surface area (Å²) in [5, 5.41) is 0. The molecule has 98 valence electrons. The highest BCUT2D eigenvalue weighted by atomic mass is 19.4. The number of alkyl halides is 3. The number of rotatable bonds is 6. The Morgan fingerprint density at radius 3 is 2.65 bits per heavy atom. The van der Waals surface area contributed by atoms with Gasteiger partial charge < -0.3 is 4.74 Å². The van der Waals surface area contributed by atoms with Gasteiger partial charge in [0.1, 0.15) is 0 Å². The van der Waals surface area contributed by atoms with Crippen LogP contribution in [0.25, 0.3) is 0 Å². The molecule has 0 aromatic heterocycles. The Hall–Kier alpha value is -1.00. The Kier molecular flexibility index (Phi) is 5.51. The fourth-order valence-corrected chi connectivity index (χ4v) is 1.52. The molecule has 0 saturated carbocycles. The standard InChI is InChI=1S/C12H18F3NO/c1-2-3-4-5-8-17-11-7-6-10(9-16-11)12(13,14)15/h7,9-10H,2-6,8H2,1H3. The molecule has 0 aromatic rings. The zero-order valence-corrected chi connectivity index (χ0v) is 9.96. The largest absolute Gasteiger partial charge is 0.478 e. The van der Waals surface area contributed by atoms with Gasteiger partial charge in [-0.3, -0.25) is 0 Å². The average Bonchev–Trinajstić information content (AvgIpc) is 2.28. The van der Waals surface area contributed by atoms with E-state index < -0.39 is 12.1 Å². The van der Waals surface area contributed by atoms with Crippen LogP contribution in [0.4, 0.5) is 13.2 Å². The summed E-state index contributed by atoms with van der Waals surface area (Å²) in [6.45, 7) is 2.64. The van der Waals surface area contributed by atoms with Crippen molar-refractivity contribution < 1.29 is 17.9 Å². The van der Waals surface area contributed by atoms with Crippen LogP contribution >= 0.6 is 0 Å². The molecule has 1 aliphatic rings. The first-order valence-corrected chi connectivity index (χ1v) is 5.98. The molecule has 0 amide bonds. The second-order valence-corrected chi connectivity index (χ2v) is 4.11. The van der Waals surface area contributed by atoms with Crippen LogP contribution in [0, 0.1) is 5.92 Å². The lowest BCUT2D eigenvalue weighted by molar-refractivity contribution is -0.153. The third-order valence-corrected chi connectivity index (χ3v) is 2.60. The van der Waals surface area contributed by atoms with Gasteiger partial charge in [-0.2, -0.15) is 13.2 Å². The van der Waals surface area contributed by atoms with Crippen LogP contribution in [-0.4, -0.2) is 19.0 Å². The summed E-state index contributed by atoms with van der Waals surface area (Å²) < 4.78 is 42.2. The van der Waals surface area contributed by atoms with Crippen molar-refractivity contribution in [3.63, 3.8) is 0 Å². The minimum absolute atomic E-state index is 0.0721. The van der Waals surface area contributed by atoms with E-state index in [-0.39, 0.29) is 6.42 Å². The summed E-state index contributed by atoms with van der Waals surface area (Å²) in [6.07, 6.45) is 2.38. The van der Waals surface area contributed by atoms with Gasteiger partial charge in [0.05, 0.1) is 12.5 Å². The van der Waals surface area contributed by atoms with Gasteiger partial charge in [-0.05, 0) is 18.9 Å². The molecule has 2 nitrogen and oxygen atoms in total. The number of aliphatic imine (C=N–C) groups is 1. The lowest BCUT2D eigenvalue weighted by Gasteiger charge is -2.18. The first-order chi connectivity index (χ1) is 8.04. The van der Waals surface area contributed by atoms with Crippen LogP contribution in [0.1, 0.15) is 39.0 Å². The Labute approximate surface area is 99.6 Å². The maximum absolute atomic E-state index is 12.3. The van der Waals surface area contributed by atoms with E-state index in [0.29, 0.717) is 12.5 Å². The molecule has 1 unspecified atom stereocenters. The predicted octanol–water partition coefficient (Wildman–Crippen LogP) is 4.08. The third-order valence-electron chi connectivity index (χ3n) is 2.60. The van der Waals surface area contributed by atoms with Crippen molar-refractivity contribution in [2.24, 2.45) is 10.9 Å². The van der Waals surface area contributed by atoms with E-state index >= 15 is 0 Å². The topological polar surface area (TPSA) is 21.6 Å². The van der Waals surface area contributed by atoms with Crippen molar-refractivity contribution in [2.45, 2.75) is 45.2 Å². The maximum atomic E-state index is 12.3. The van der Waals surface area contributed by atoms with Gasteiger partial charge in [-0.25, -0.2) is 4.99 Å². The van der Waals surface area contributed by atoms with E-state index in [2.05, 4.69) is 11.9 Å². The maximum Gasteiger partial charge on any atom is 0.396 e. The number of nitrogens with zero attached hydrogens (tertiary/aromatic N) is 1. The van der Waals surface area contributed by atoms with E-state index in [9.17, 15) is 13.2 Å². The summed E-state index contributed by atoms with van der Waals surface area (Å²) in [4.78, 5) is 3.69. The lowest BCUT2D eigenvalue weighted by atomic mass is 10.1. The van der Waals surface area contributed by atoms with E-state index in [1.165, 1.54) is 6.08 Å². The molecule has 1 atom stereocenters. The summed E-state index contributed by atoms with van der Waals surface area (Å²) in [5.41, 5.74) is 0. The minimum Gasteiger partial charge on any atom is -0.478 e. The van der Waals surface area contributed by atoms with Crippen molar-refractivity contribution >= 4 is 6.21 Å². The third kappa shape index (κ3) is 5.24. The molecular formula is C12H18F3NO. The van der Waals surface area contributed by atoms with Crippen LogP contribution < -0.4 is 0 Å². The Bertz CT molecular complexity index is 284. The molecular weight excluding hydrogens is 231 g/mol. The molecule has 0 spiro atoms. The first kappa shape index (κ1) is 14.1. The van der Waals surface area contributed by atoms with Crippen molar-refractivity contribution in [1.29, 1.82) is 0 Å². The summed E-state index contributed by atoms with van der Waals surface area (Å²) in [6, 6.07) is 0. The second kappa shape index (κ2) is 6.67. The van der Waals surface area contributed by atoms with Gasteiger partial charge >= 0.3 is 6.18 Å². The van der Waals surface area contributed by atoms with Crippen LogP contribution in [0.2, 0.25) is 0 Å². The molecule has 1 heterocycles. The van der Waals surface area contributed by atoms with E-state index in [0.717, 1.165) is 31.9 Å². The minimum atomic E-state index is -4.20. The summed E-state index contributed by atoms with van der Waals surface area (Å²) in [7, 11) is 0. The number of halogens is 3. The monoisotopic (exact) mass is 249 g/mol. The van der Waals surface area contributed by atoms with Crippen molar-refractivity contribution in [2.75, 3.05) is 6.61 Å². The number of allylic oxidation sites excluding steroid dienone is 1. The first-order valence-electron chi connectivity index (χ1n) is 5.98. The van der Waals surface area contributed by atoms with Crippen molar-refractivity contribution in [1.82, 2.24) is 0 Å². The van der Waals surface area contributed by atoms with Gasteiger partial charge in [0, 0.05) is 6.21 Å². The lowest BCUT2D eigenvalue weighted by Crippen LogP contribution is -2.25. The molecule has 5 heteroatoms. The van der Waals surface area contributed by atoms with Gasteiger partial charge in [-0.1, -0.05) is 26.2 Å². The van der Waals surface area contributed by atoms with Gasteiger partial charge in [-0.15, -0.1) is 0 Å². The fourth-order valence-electron chi connectivity index (χ4n) is 1.52. The molecule has 0 bridgehead atoms. The zero-order valence-electron chi connectivity index (χ0n) is 9.96. The fraction of sp³-hybridized carbons (Fsp3) is 0.750. The van der Waals surface area contributed by atoms with Crippen molar-refractivity contribution in [3.05, 3.63) is 12.0 Å². The molecule has 0 saturated heterocycles. The SMILES string of the molecule is CCCCCCOC1=CCC(C(F)(F)F)C=N1. The number of hydrogen-bond donors (Lipinski definition) is 0. The molecule has 0 aliphatic carbocycles. The van der Waals surface area contributed by atoms with Gasteiger partial charge in [0.25, 0.3) is 0 Å². The molecule has 1 rings (SSSR count). The van der Waals surface area contributed by atoms with Crippen LogP contribution in [0.3, 0.4) is 0 Å². The van der Waals surface area contributed by atoms with Crippen LogP contribution in [0.15, 0.2) is 17.0 Å². The highest BCUT2D eigenvalue weighted by molar-refractivity contribution is 5.64. The number of unbranched alkanes of at least 4 members (excludes halogenated alkanes) is 3. The molecule has 0 N–H and O–H groups in total. The average molecular weight is 249 g/mol. The molecule has 1 aliphatic heterocycles. The molecule has 0 radical (unpaired) electrons.